The van der Waals surface area contributed by atoms with E-state index in [2.05, 4.69) is 36.3 Å². The van der Waals surface area contributed by atoms with Gasteiger partial charge in [0.2, 0.25) is 0 Å². The first-order valence-corrected chi connectivity index (χ1v) is 14.7. The molecule has 0 radical (unpaired) electrons. The van der Waals surface area contributed by atoms with E-state index in [-0.39, 0.29) is 22.7 Å². The summed E-state index contributed by atoms with van der Waals surface area (Å²) >= 11 is 0. The highest BCUT2D eigenvalue weighted by Gasteiger charge is 2.27. The number of carbonyl (C=O) groups excluding carboxylic acids is 1. The number of benzene rings is 3. The number of aryl methyl sites for hydroxylation is 1. The number of rotatable bonds is 6. The molecule has 0 atom stereocenters. The van der Waals surface area contributed by atoms with Crippen molar-refractivity contribution in [2.75, 3.05) is 28.6 Å². The van der Waals surface area contributed by atoms with E-state index in [1.165, 1.54) is 10.1 Å². The molecule has 5 rings (SSSR count). The molecule has 2 heterocycles. The maximum atomic E-state index is 13.1. The lowest BCUT2D eigenvalue weighted by atomic mass is 9.86. The van der Waals surface area contributed by atoms with Crippen molar-refractivity contribution in [1.29, 1.82) is 0 Å². The summed E-state index contributed by atoms with van der Waals surface area (Å²) in [6, 6.07) is 21.3. The Hall–Kier alpha value is -4.43. The predicted molar refractivity (Wildman–Crippen MR) is 175 cm³/mol. The second-order valence-corrected chi connectivity index (χ2v) is 12.8. The third-order valence-corrected chi connectivity index (χ3v) is 8.28. The Morgan fingerprint density at radius 3 is 2.26 bits per heavy atom. The maximum Gasteiger partial charge on any atom is 0.293 e. The molecule has 8 nitrogen and oxygen atoms in total. The van der Waals surface area contributed by atoms with E-state index in [4.69, 9.17) is 4.98 Å². The molecule has 1 saturated heterocycles. The molecular formula is C35H41N5O3. The Balaban J connectivity index is 1.35. The normalized spacial score (nSPS) is 14.8. The van der Waals surface area contributed by atoms with Gasteiger partial charge in [-0.15, -0.1) is 0 Å². The Kier molecular flexibility index (Phi) is 8.16. The maximum absolute atomic E-state index is 13.1. The van der Waals surface area contributed by atoms with Gasteiger partial charge >= 0.3 is 0 Å². The van der Waals surface area contributed by atoms with Crippen LogP contribution < -0.4 is 21.1 Å². The zero-order valence-electron chi connectivity index (χ0n) is 25.9. The minimum absolute atomic E-state index is 0.0109. The summed E-state index contributed by atoms with van der Waals surface area (Å²) in [7, 11) is 1.70. The second kappa shape index (κ2) is 11.7. The van der Waals surface area contributed by atoms with Crippen LogP contribution in [0.5, 0.6) is 0 Å². The zero-order chi connectivity index (χ0) is 30.9. The van der Waals surface area contributed by atoms with Crippen LogP contribution in [0.3, 0.4) is 0 Å². The summed E-state index contributed by atoms with van der Waals surface area (Å²) in [5, 5.41) is 16.5. The molecule has 3 aromatic carbocycles. The van der Waals surface area contributed by atoms with Crippen LogP contribution in [0.4, 0.5) is 22.9 Å². The SMILES string of the molecule is Cc1c(NC(=O)c2ccc(C(C)(C)C)cc2)cccc1-c1cn(C)c(=O)c(Nc2ccc(N3CCC(C)(O)CC3)cc2)n1. The number of carbonyl (C=O) groups is 1. The first-order chi connectivity index (χ1) is 20.3. The van der Waals surface area contributed by atoms with Gasteiger partial charge in [0.05, 0.1) is 11.3 Å². The molecule has 224 valence electrons. The van der Waals surface area contributed by atoms with Crippen molar-refractivity contribution >= 4 is 28.8 Å². The van der Waals surface area contributed by atoms with Crippen LogP contribution in [0.25, 0.3) is 11.3 Å². The number of anilines is 4. The molecule has 8 heteroatoms. The minimum Gasteiger partial charge on any atom is -0.390 e. The number of aromatic nitrogens is 2. The first-order valence-electron chi connectivity index (χ1n) is 14.7. The van der Waals surface area contributed by atoms with E-state index in [0.29, 0.717) is 16.9 Å². The molecule has 0 unspecified atom stereocenters. The topological polar surface area (TPSA) is 99.5 Å². The van der Waals surface area contributed by atoms with Crippen LogP contribution in [0, 0.1) is 6.92 Å². The number of amides is 1. The predicted octanol–water partition coefficient (Wildman–Crippen LogP) is 6.40. The molecule has 3 N–H and O–H groups in total. The lowest BCUT2D eigenvalue weighted by Gasteiger charge is -2.37. The van der Waals surface area contributed by atoms with Gasteiger partial charge in [-0.05, 0) is 85.7 Å². The van der Waals surface area contributed by atoms with Crippen molar-refractivity contribution in [3.63, 3.8) is 0 Å². The molecule has 1 amide bonds. The lowest BCUT2D eigenvalue weighted by molar-refractivity contribution is 0.0351. The highest BCUT2D eigenvalue weighted by molar-refractivity contribution is 6.05. The van der Waals surface area contributed by atoms with Crippen molar-refractivity contribution in [1.82, 2.24) is 9.55 Å². The van der Waals surface area contributed by atoms with Gasteiger partial charge in [0, 0.05) is 54.5 Å². The summed E-state index contributed by atoms with van der Waals surface area (Å²) in [6.07, 6.45) is 3.17. The smallest absolute Gasteiger partial charge is 0.293 e. The first kappa shape index (κ1) is 30.0. The number of piperidine rings is 1. The van der Waals surface area contributed by atoms with E-state index in [9.17, 15) is 14.7 Å². The summed E-state index contributed by atoms with van der Waals surface area (Å²) in [6.45, 7) is 11.9. The van der Waals surface area contributed by atoms with Gasteiger partial charge in [-0.2, -0.15) is 0 Å². The van der Waals surface area contributed by atoms with Crippen molar-refractivity contribution < 1.29 is 9.90 Å². The Morgan fingerprint density at radius 2 is 1.63 bits per heavy atom. The molecule has 1 aliphatic heterocycles. The van der Waals surface area contributed by atoms with E-state index >= 15 is 0 Å². The molecule has 43 heavy (non-hydrogen) atoms. The van der Waals surface area contributed by atoms with Crippen molar-refractivity contribution in [2.24, 2.45) is 7.05 Å². The second-order valence-electron chi connectivity index (χ2n) is 12.8. The highest BCUT2D eigenvalue weighted by Crippen LogP contribution is 2.30. The van der Waals surface area contributed by atoms with Crippen molar-refractivity contribution in [3.05, 3.63) is 100.0 Å². The monoisotopic (exact) mass is 579 g/mol. The molecular weight excluding hydrogens is 538 g/mol. The van der Waals surface area contributed by atoms with E-state index in [0.717, 1.165) is 48.4 Å². The van der Waals surface area contributed by atoms with Gasteiger partial charge in [0.25, 0.3) is 11.5 Å². The fourth-order valence-corrected chi connectivity index (χ4v) is 5.32. The molecule has 0 bridgehead atoms. The third-order valence-electron chi connectivity index (χ3n) is 8.28. The Bertz CT molecular complexity index is 1670. The molecule has 1 aromatic heterocycles. The van der Waals surface area contributed by atoms with Crippen molar-refractivity contribution in [2.45, 2.75) is 58.5 Å². The lowest BCUT2D eigenvalue weighted by Crippen LogP contribution is -2.42. The van der Waals surface area contributed by atoms with E-state index < -0.39 is 5.60 Å². The van der Waals surface area contributed by atoms with Crippen molar-refractivity contribution in [3.8, 4) is 11.3 Å². The van der Waals surface area contributed by atoms with E-state index in [1.54, 1.807) is 13.2 Å². The van der Waals surface area contributed by atoms with Gasteiger partial charge < -0.3 is 25.2 Å². The molecule has 1 fully saturated rings. The van der Waals surface area contributed by atoms with E-state index in [1.807, 2.05) is 80.6 Å². The van der Waals surface area contributed by atoms with Crippen LogP contribution in [0.1, 0.15) is 62.0 Å². The third kappa shape index (κ3) is 6.81. The Morgan fingerprint density at radius 1 is 0.977 bits per heavy atom. The Labute approximate surface area is 253 Å². The molecule has 4 aromatic rings. The highest BCUT2D eigenvalue weighted by atomic mass is 16.3. The summed E-state index contributed by atoms with van der Waals surface area (Å²) < 4.78 is 1.51. The van der Waals surface area contributed by atoms with Gasteiger partial charge in [-0.3, -0.25) is 9.59 Å². The standard InChI is InChI=1S/C35H41N5O3/c1-23-28(8-7-9-29(23)38-32(41)24-10-12-25(13-11-24)34(2,3)4)30-22-39(6)33(42)31(37-30)36-26-14-16-27(17-15-26)40-20-18-35(5,43)19-21-40/h7-17,22,43H,18-21H2,1-6H3,(H,36,37)(H,38,41). The number of hydrogen-bond donors (Lipinski definition) is 3. The molecule has 1 aliphatic rings. The number of nitrogens with zero attached hydrogens (tertiary/aromatic N) is 3. The summed E-state index contributed by atoms with van der Waals surface area (Å²) in [4.78, 5) is 33.1. The number of aliphatic hydroxyl groups is 1. The van der Waals surface area contributed by atoms with Crippen LogP contribution in [-0.4, -0.2) is 39.3 Å². The quantitative estimate of drug-likeness (QED) is 0.245. The van der Waals surface area contributed by atoms with Gasteiger partial charge in [-0.25, -0.2) is 4.98 Å². The van der Waals surface area contributed by atoms with Crippen LogP contribution in [0.15, 0.2) is 77.7 Å². The zero-order valence-corrected chi connectivity index (χ0v) is 25.9. The van der Waals surface area contributed by atoms with Crippen LogP contribution >= 0.6 is 0 Å². The number of hydrogen-bond acceptors (Lipinski definition) is 6. The minimum atomic E-state index is -0.601. The largest absolute Gasteiger partial charge is 0.390 e. The fourth-order valence-electron chi connectivity index (χ4n) is 5.32. The van der Waals surface area contributed by atoms with Crippen LogP contribution in [0.2, 0.25) is 0 Å². The average molecular weight is 580 g/mol. The van der Waals surface area contributed by atoms with Gasteiger partial charge in [-0.1, -0.05) is 45.0 Å². The molecule has 0 saturated carbocycles. The van der Waals surface area contributed by atoms with Gasteiger partial charge in [0.15, 0.2) is 5.82 Å². The summed E-state index contributed by atoms with van der Waals surface area (Å²) in [5.74, 6) is 0.0319. The average Bonchev–Trinajstić information content (AvgIpc) is 2.96. The summed E-state index contributed by atoms with van der Waals surface area (Å²) in [5.41, 5.74) is 5.72. The molecule has 0 aliphatic carbocycles. The van der Waals surface area contributed by atoms with Gasteiger partial charge in [0.1, 0.15) is 0 Å². The molecule has 0 spiro atoms. The number of nitrogens with one attached hydrogen (secondary N) is 2. The van der Waals surface area contributed by atoms with Crippen LogP contribution in [-0.2, 0) is 12.5 Å². The fraction of sp³-hybridized carbons (Fsp3) is 0.343.